The first kappa shape index (κ1) is 13.5. The zero-order valence-electron chi connectivity index (χ0n) is 11.1. The van der Waals surface area contributed by atoms with E-state index in [0.717, 1.165) is 17.0 Å². The maximum atomic E-state index is 10.2. The average Bonchev–Trinajstić information content (AvgIpc) is 2.86. The first-order valence-corrected chi connectivity index (χ1v) is 6.08. The Bertz CT molecular complexity index is 527. The van der Waals surface area contributed by atoms with Gasteiger partial charge >= 0.3 is 0 Å². The molecule has 0 fully saturated rings. The summed E-state index contributed by atoms with van der Waals surface area (Å²) in [6, 6.07) is 7.37. The highest BCUT2D eigenvalue weighted by Crippen LogP contribution is 2.20. The standard InChI is InChI=1S/C13H18N4O2/c1-14-7-11-8-17(16-15-11)9-13(18)10-4-3-5-12(6-10)19-2/h3-6,8,13-14,18H,7,9H2,1-2H3. The van der Waals surface area contributed by atoms with Crippen LogP contribution < -0.4 is 10.1 Å². The summed E-state index contributed by atoms with van der Waals surface area (Å²) in [6.07, 6.45) is 1.18. The number of hydrogen-bond donors (Lipinski definition) is 2. The van der Waals surface area contributed by atoms with Crippen LogP contribution in [-0.4, -0.2) is 34.3 Å². The van der Waals surface area contributed by atoms with Gasteiger partial charge in [-0.25, -0.2) is 4.68 Å². The predicted molar refractivity (Wildman–Crippen MR) is 70.7 cm³/mol. The van der Waals surface area contributed by atoms with Crippen molar-refractivity contribution < 1.29 is 9.84 Å². The van der Waals surface area contributed by atoms with Crippen LogP contribution in [0.5, 0.6) is 5.75 Å². The Hall–Kier alpha value is -1.92. The van der Waals surface area contributed by atoms with E-state index in [0.29, 0.717) is 13.1 Å². The second-order valence-corrected chi connectivity index (χ2v) is 4.25. The molecule has 102 valence electrons. The van der Waals surface area contributed by atoms with Gasteiger partial charge in [0.25, 0.3) is 0 Å². The fourth-order valence-electron chi connectivity index (χ4n) is 1.82. The molecule has 6 heteroatoms. The third-order valence-corrected chi connectivity index (χ3v) is 2.78. The summed E-state index contributed by atoms with van der Waals surface area (Å²) in [4.78, 5) is 0. The average molecular weight is 262 g/mol. The highest BCUT2D eigenvalue weighted by Gasteiger charge is 2.10. The van der Waals surface area contributed by atoms with Gasteiger partial charge in [-0.1, -0.05) is 17.3 Å². The van der Waals surface area contributed by atoms with Crippen molar-refractivity contribution in [3.05, 3.63) is 41.7 Å². The molecule has 0 aliphatic heterocycles. The van der Waals surface area contributed by atoms with E-state index in [4.69, 9.17) is 4.74 Å². The quantitative estimate of drug-likeness (QED) is 0.803. The van der Waals surface area contributed by atoms with Gasteiger partial charge in [0, 0.05) is 12.7 Å². The SMILES string of the molecule is CNCc1cn(CC(O)c2cccc(OC)c2)nn1. The molecule has 0 amide bonds. The van der Waals surface area contributed by atoms with Gasteiger partial charge in [-0.15, -0.1) is 5.10 Å². The molecule has 0 saturated heterocycles. The van der Waals surface area contributed by atoms with Crippen LogP contribution in [0.25, 0.3) is 0 Å². The van der Waals surface area contributed by atoms with E-state index in [1.807, 2.05) is 37.5 Å². The van der Waals surface area contributed by atoms with Crippen LogP contribution in [0, 0.1) is 0 Å². The van der Waals surface area contributed by atoms with Crippen molar-refractivity contribution in [3.63, 3.8) is 0 Å². The maximum Gasteiger partial charge on any atom is 0.119 e. The Morgan fingerprint density at radius 3 is 3.05 bits per heavy atom. The third-order valence-electron chi connectivity index (χ3n) is 2.78. The molecule has 1 heterocycles. The van der Waals surface area contributed by atoms with Crippen molar-refractivity contribution in [2.24, 2.45) is 0 Å². The Labute approximate surface area is 112 Å². The zero-order chi connectivity index (χ0) is 13.7. The van der Waals surface area contributed by atoms with Gasteiger partial charge in [0.1, 0.15) is 5.75 Å². The molecular formula is C13H18N4O2. The molecule has 0 aliphatic carbocycles. The Balaban J connectivity index is 2.04. The molecule has 0 saturated carbocycles. The number of nitrogens with one attached hydrogen (secondary N) is 1. The second-order valence-electron chi connectivity index (χ2n) is 4.25. The lowest BCUT2D eigenvalue weighted by Gasteiger charge is -2.11. The molecule has 6 nitrogen and oxygen atoms in total. The highest BCUT2D eigenvalue weighted by molar-refractivity contribution is 5.29. The van der Waals surface area contributed by atoms with E-state index < -0.39 is 6.10 Å². The van der Waals surface area contributed by atoms with E-state index in [2.05, 4.69) is 15.6 Å². The number of rotatable bonds is 6. The molecule has 0 aliphatic rings. The van der Waals surface area contributed by atoms with Crippen LogP contribution in [0.3, 0.4) is 0 Å². The minimum Gasteiger partial charge on any atom is -0.497 e. The van der Waals surface area contributed by atoms with Gasteiger partial charge in [0.05, 0.1) is 25.5 Å². The number of aliphatic hydroxyl groups excluding tert-OH is 1. The molecule has 2 rings (SSSR count). The predicted octanol–water partition coefficient (Wildman–Crippen LogP) is 0.740. The Morgan fingerprint density at radius 1 is 1.47 bits per heavy atom. The molecule has 1 aromatic carbocycles. The maximum absolute atomic E-state index is 10.2. The number of methoxy groups -OCH3 is 1. The van der Waals surface area contributed by atoms with Crippen molar-refractivity contribution in [1.82, 2.24) is 20.3 Å². The van der Waals surface area contributed by atoms with Crippen molar-refractivity contribution in [2.45, 2.75) is 19.2 Å². The van der Waals surface area contributed by atoms with Crippen LogP contribution in [0.2, 0.25) is 0 Å². The zero-order valence-corrected chi connectivity index (χ0v) is 11.1. The summed E-state index contributed by atoms with van der Waals surface area (Å²) in [7, 11) is 3.46. The van der Waals surface area contributed by atoms with E-state index in [9.17, 15) is 5.11 Å². The molecule has 0 bridgehead atoms. The van der Waals surface area contributed by atoms with Gasteiger partial charge in [-0.05, 0) is 24.7 Å². The molecule has 1 aromatic heterocycles. The van der Waals surface area contributed by atoms with Crippen LogP contribution in [0.4, 0.5) is 0 Å². The molecule has 1 unspecified atom stereocenters. The first-order valence-electron chi connectivity index (χ1n) is 6.08. The third kappa shape index (κ3) is 3.52. The monoisotopic (exact) mass is 262 g/mol. The first-order chi connectivity index (χ1) is 9.22. The van der Waals surface area contributed by atoms with Crippen LogP contribution in [0.15, 0.2) is 30.5 Å². The van der Waals surface area contributed by atoms with Crippen LogP contribution in [-0.2, 0) is 13.1 Å². The molecule has 0 radical (unpaired) electrons. The molecule has 2 aromatic rings. The summed E-state index contributed by atoms with van der Waals surface area (Å²) >= 11 is 0. The van der Waals surface area contributed by atoms with Gasteiger partial charge in [-0.2, -0.15) is 0 Å². The number of aromatic nitrogens is 3. The number of aliphatic hydroxyl groups is 1. The van der Waals surface area contributed by atoms with Crippen molar-refractivity contribution in [3.8, 4) is 5.75 Å². The lowest BCUT2D eigenvalue weighted by Crippen LogP contribution is -2.09. The van der Waals surface area contributed by atoms with Gasteiger partial charge in [-0.3, -0.25) is 0 Å². The summed E-state index contributed by atoms with van der Waals surface area (Å²) in [5.41, 5.74) is 1.64. The minimum absolute atomic E-state index is 0.365. The number of ether oxygens (including phenoxy) is 1. The van der Waals surface area contributed by atoms with E-state index in [1.165, 1.54) is 0 Å². The summed E-state index contributed by atoms with van der Waals surface area (Å²) in [5.74, 6) is 0.728. The van der Waals surface area contributed by atoms with Crippen LogP contribution in [0.1, 0.15) is 17.4 Å². The fraction of sp³-hybridized carbons (Fsp3) is 0.385. The van der Waals surface area contributed by atoms with Gasteiger partial charge in [0.2, 0.25) is 0 Å². The second kappa shape index (κ2) is 6.31. The van der Waals surface area contributed by atoms with Gasteiger partial charge < -0.3 is 15.2 Å². The van der Waals surface area contributed by atoms with Crippen molar-refractivity contribution in [2.75, 3.05) is 14.2 Å². The van der Waals surface area contributed by atoms with E-state index in [1.54, 1.807) is 11.8 Å². The lowest BCUT2D eigenvalue weighted by atomic mass is 10.1. The molecule has 1 atom stereocenters. The smallest absolute Gasteiger partial charge is 0.119 e. The summed E-state index contributed by atoms with van der Waals surface area (Å²) < 4.78 is 6.77. The largest absolute Gasteiger partial charge is 0.497 e. The highest BCUT2D eigenvalue weighted by atomic mass is 16.5. The minimum atomic E-state index is -0.640. The Kier molecular flexibility index (Phi) is 4.48. The summed E-state index contributed by atoms with van der Waals surface area (Å²) in [5, 5.41) is 21.2. The van der Waals surface area contributed by atoms with Crippen molar-refractivity contribution >= 4 is 0 Å². The fourth-order valence-corrected chi connectivity index (χ4v) is 1.82. The number of hydrogen-bond acceptors (Lipinski definition) is 5. The molecule has 19 heavy (non-hydrogen) atoms. The lowest BCUT2D eigenvalue weighted by molar-refractivity contribution is 0.150. The Morgan fingerprint density at radius 2 is 2.32 bits per heavy atom. The molecule has 0 spiro atoms. The summed E-state index contributed by atoms with van der Waals surface area (Å²) in [6.45, 7) is 1.03. The topological polar surface area (TPSA) is 72.2 Å². The van der Waals surface area contributed by atoms with E-state index >= 15 is 0 Å². The van der Waals surface area contributed by atoms with Crippen LogP contribution >= 0.6 is 0 Å². The number of nitrogens with zero attached hydrogens (tertiary/aromatic N) is 3. The van der Waals surface area contributed by atoms with E-state index in [-0.39, 0.29) is 0 Å². The molecule has 2 N–H and O–H groups in total. The van der Waals surface area contributed by atoms with Crippen molar-refractivity contribution in [1.29, 1.82) is 0 Å². The number of benzene rings is 1. The van der Waals surface area contributed by atoms with Gasteiger partial charge in [0.15, 0.2) is 0 Å². The molecular weight excluding hydrogens is 244 g/mol. The normalized spacial score (nSPS) is 12.4.